The lowest BCUT2D eigenvalue weighted by molar-refractivity contribution is 0.627. The van der Waals surface area contributed by atoms with Gasteiger partial charge in [-0.3, -0.25) is 0 Å². The summed E-state index contributed by atoms with van der Waals surface area (Å²) in [4.78, 5) is 9.36. The van der Waals surface area contributed by atoms with Crippen molar-refractivity contribution in [2.75, 3.05) is 9.80 Å². The zero-order valence-electron chi connectivity index (χ0n) is 27.1. The zero-order chi connectivity index (χ0) is 33.8. The van der Waals surface area contributed by atoms with Crippen LogP contribution in [-0.4, -0.2) is 0 Å². The molecule has 6 heteroatoms. The summed E-state index contributed by atoms with van der Waals surface area (Å²) in [6, 6.07) is 50.0. The fraction of sp³-hybridized carbons (Fsp3) is 0.0455. The maximum Gasteiger partial charge on any atom is 0.123 e. The van der Waals surface area contributed by atoms with Gasteiger partial charge in [-0.1, -0.05) is 103 Å². The number of hydrogen-bond donors (Lipinski definition) is 0. The number of nitrogens with zero attached hydrogens (tertiary/aromatic N) is 2. The van der Waals surface area contributed by atoms with Gasteiger partial charge in [-0.05, 0) is 102 Å². The maximum atomic E-state index is 14.5. The van der Waals surface area contributed by atoms with Crippen LogP contribution in [0.4, 0.5) is 42.9 Å². The smallest absolute Gasteiger partial charge is 0.123 e. The predicted octanol–water partition coefficient (Wildman–Crippen LogP) is 13.7. The molecule has 2 nitrogen and oxygen atoms in total. The lowest BCUT2D eigenvalue weighted by Gasteiger charge is -2.39. The van der Waals surface area contributed by atoms with Crippen molar-refractivity contribution in [1.29, 1.82) is 0 Å². The molecular formula is C44H30F2N2S2. The quantitative estimate of drug-likeness (QED) is 0.177. The Balaban J connectivity index is 1.45. The van der Waals surface area contributed by atoms with Crippen LogP contribution in [-0.2, 0) is 6.42 Å². The summed E-state index contributed by atoms with van der Waals surface area (Å²) in [5.41, 5.74) is 11.2. The number of benzene rings is 7. The second-order valence-corrected chi connectivity index (χ2v) is 14.4. The molecule has 7 aromatic rings. The van der Waals surface area contributed by atoms with Crippen LogP contribution in [0.1, 0.15) is 12.5 Å². The average Bonchev–Trinajstić information content (AvgIpc) is 3.16. The zero-order valence-corrected chi connectivity index (χ0v) is 28.7. The Kier molecular flexibility index (Phi) is 7.71. The highest BCUT2D eigenvalue weighted by molar-refractivity contribution is 8.00. The second-order valence-electron chi connectivity index (χ2n) is 12.3. The Bertz CT molecular complexity index is 2150. The molecule has 0 N–H and O–H groups in total. The van der Waals surface area contributed by atoms with E-state index in [4.69, 9.17) is 0 Å². The highest BCUT2D eigenvalue weighted by Crippen LogP contribution is 2.59. The van der Waals surface area contributed by atoms with E-state index in [9.17, 15) is 8.78 Å². The van der Waals surface area contributed by atoms with E-state index in [1.54, 1.807) is 23.5 Å². The van der Waals surface area contributed by atoms with Crippen LogP contribution < -0.4 is 9.80 Å². The van der Waals surface area contributed by atoms with Gasteiger partial charge in [-0.2, -0.15) is 0 Å². The molecule has 2 aliphatic heterocycles. The number of hydrogen-bond acceptors (Lipinski definition) is 4. The van der Waals surface area contributed by atoms with E-state index >= 15 is 0 Å². The van der Waals surface area contributed by atoms with Crippen LogP contribution in [0.3, 0.4) is 0 Å². The molecule has 0 aromatic heterocycles. The fourth-order valence-electron chi connectivity index (χ4n) is 7.22. The summed E-state index contributed by atoms with van der Waals surface area (Å²) in [6.07, 6.45) is 0.679. The molecule has 0 saturated heterocycles. The van der Waals surface area contributed by atoms with Crippen LogP contribution in [0.15, 0.2) is 171 Å². The number of rotatable bonds is 5. The van der Waals surface area contributed by atoms with Gasteiger partial charge in [0.15, 0.2) is 0 Å². The van der Waals surface area contributed by atoms with Gasteiger partial charge < -0.3 is 9.80 Å². The summed E-state index contributed by atoms with van der Waals surface area (Å²) >= 11 is 3.54. The molecule has 0 aliphatic carbocycles. The fourth-order valence-corrected chi connectivity index (χ4v) is 9.34. The Hall–Kier alpha value is -5.30. The van der Waals surface area contributed by atoms with Crippen molar-refractivity contribution in [2.45, 2.75) is 32.9 Å². The number of para-hydroxylation sites is 4. The third-order valence-corrected chi connectivity index (χ3v) is 11.6. The van der Waals surface area contributed by atoms with E-state index < -0.39 is 0 Å². The van der Waals surface area contributed by atoms with Crippen molar-refractivity contribution in [2.24, 2.45) is 0 Å². The number of fused-ring (bicyclic) bond motifs is 4. The molecule has 50 heavy (non-hydrogen) atoms. The molecule has 0 amide bonds. The van der Waals surface area contributed by atoms with Crippen LogP contribution in [0.5, 0.6) is 0 Å². The van der Waals surface area contributed by atoms with Gasteiger partial charge in [-0.15, -0.1) is 0 Å². The summed E-state index contributed by atoms with van der Waals surface area (Å²) < 4.78 is 29.1. The van der Waals surface area contributed by atoms with Gasteiger partial charge in [0.05, 0.1) is 34.1 Å². The van der Waals surface area contributed by atoms with E-state index in [1.165, 1.54) is 24.3 Å². The van der Waals surface area contributed by atoms with Crippen LogP contribution in [0.2, 0.25) is 0 Å². The highest BCUT2D eigenvalue weighted by Gasteiger charge is 2.33. The molecule has 0 saturated carbocycles. The van der Waals surface area contributed by atoms with E-state index in [-0.39, 0.29) is 11.6 Å². The molecule has 0 fully saturated rings. The maximum absolute atomic E-state index is 14.5. The van der Waals surface area contributed by atoms with Crippen molar-refractivity contribution in [3.63, 3.8) is 0 Å². The highest BCUT2D eigenvalue weighted by atomic mass is 32.2. The Morgan fingerprint density at radius 1 is 0.420 bits per heavy atom. The van der Waals surface area contributed by atoms with E-state index in [2.05, 4.69) is 120 Å². The van der Waals surface area contributed by atoms with Crippen molar-refractivity contribution < 1.29 is 8.78 Å². The molecule has 9 rings (SSSR count). The number of anilines is 6. The van der Waals surface area contributed by atoms with Crippen molar-refractivity contribution in [3.05, 3.63) is 169 Å². The second kappa shape index (κ2) is 12.5. The van der Waals surface area contributed by atoms with Gasteiger partial charge >= 0.3 is 0 Å². The van der Waals surface area contributed by atoms with E-state index in [1.807, 2.05) is 24.3 Å². The normalized spacial score (nSPS) is 12.9. The molecule has 7 aromatic carbocycles. The summed E-state index contributed by atoms with van der Waals surface area (Å²) in [5.74, 6) is -0.569. The van der Waals surface area contributed by atoms with Crippen molar-refractivity contribution >= 4 is 57.6 Å². The molecule has 242 valence electrons. The van der Waals surface area contributed by atoms with Gasteiger partial charge in [0.1, 0.15) is 11.6 Å². The SMILES string of the molecule is CCc1c(-c2ccc(F)cc2)c(N2c3ccccc3Sc3ccccc32)cc(N2c3ccccc3Sc3ccccc32)c1-c1ccc(F)cc1. The topological polar surface area (TPSA) is 6.48 Å². The lowest BCUT2D eigenvalue weighted by atomic mass is 9.86. The molecule has 0 unspecified atom stereocenters. The van der Waals surface area contributed by atoms with Gasteiger partial charge in [-0.25, -0.2) is 8.78 Å². The van der Waals surface area contributed by atoms with Crippen LogP contribution >= 0.6 is 23.5 Å². The molecular weight excluding hydrogens is 659 g/mol. The molecule has 0 spiro atoms. The molecule has 2 aliphatic rings. The summed E-state index contributed by atoms with van der Waals surface area (Å²) in [7, 11) is 0. The minimum absolute atomic E-state index is 0.284. The minimum atomic E-state index is -0.284. The Labute approximate surface area is 299 Å². The average molecular weight is 689 g/mol. The summed E-state index contributed by atoms with van der Waals surface area (Å²) in [6.45, 7) is 2.17. The Morgan fingerprint density at radius 3 is 1.06 bits per heavy atom. The first kappa shape index (κ1) is 30.7. The predicted molar refractivity (Wildman–Crippen MR) is 204 cm³/mol. The standard InChI is InChI=1S/C44H30F2N2S2/c1-2-32-43(28-19-23-30(45)24-20-28)37(47-33-11-3-7-15-39(33)49-40-16-8-4-12-34(40)47)27-38(44(32)29-21-25-31(46)26-22-29)48-35-13-5-9-17-41(35)50-42-18-10-6-14-36(42)48/h3-27H,2H2,1H3. The van der Waals surface area contributed by atoms with E-state index in [0.29, 0.717) is 6.42 Å². The first-order valence-corrected chi connectivity index (χ1v) is 18.3. The van der Waals surface area contributed by atoms with E-state index in [0.717, 1.165) is 81.5 Å². The Morgan fingerprint density at radius 2 is 0.740 bits per heavy atom. The molecule has 0 bridgehead atoms. The lowest BCUT2D eigenvalue weighted by Crippen LogP contribution is -2.20. The molecule has 0 radical (unpaired) electrons. The van der Waals surface area contributed by atoms with Crippen LogP contribution in [0, 0.1) is 11.6 Å². The van der Waals surface area contributed by atoms with Crippen LogP contribution in [0.25, 0.3) is 22.3 Å². The van der Waals surface area contributed by atoms with Crippen molar-refractivity contribution in [3.8, 4) is 22.3 Å². The number of halogens is 2. The van der Waals surface area contributed by atoms with Crippen molar-refractivity contribution in [1.82, 2.24) is 0 Å². The summed E-state index contributed by atoms with van der Waals surface area (Å²) in [5, 5.41) is 0. The van der Waals surface area contributed by atoms with Gasteiger partial charge in [0.25, 0.3) is 0 Å². The first-order chi connectivity index (χ1) is 24.6. The van der Waals surface area contributed by atoms with Gasteiger partial charge in [0.2, 0.25) is 0 Å². The first-order valence-electron chi connectivity index (χ1n) is 16.6. The van der Waals surface area contributed by atoms with Gasteiger partial charge in [0, 0.05) is 30.7 Å². The monoisotopic (exact) mass is 688 g/mol. The largest absolute Gasteiger partial charge is 0.308 e. The third kappa shape index (κ3) is 5.10. The molecule has 2 heterocycles. The minimum Gasteiger partial charge on any atom is -0.308 e. The molecule has 0 atom stereocenters. The third-order valence-electron chi connectivity index (χ3n) is 9.35.